The molecule has 19 heavy (non-hydrogen) atoms. The third-order valence-electron chi connectivity index (χ3n) is 3.72. The molecule has 0 saturated carbocycles. The molecule has 1 aromatic heterocycles. The number of aryl methyl sites for hydroxylation is 1. The lowest BCUT2D eigenvalue weighted by Gasteiger charge is -2.31. The van der Waals surface area contributed by atoms with Crippen LogP contribution in [0.4, 0.5) is 4.79 Å². The molecule has 0 aliphatic carbocycles. The van der Waals surface area contributed by atoms with Crippen molar-refractivity contribution in [3.63, 3.8) is 0 Å². The predicted octanol–water partition coefficient (Wildman–Crippen LogP) is -0.406. The highest BCUT2D eigenvalue weighted by atomic mass is 16.2. The Balaban J connectivity index is 1.79. The Kier molecular flexibility index (Phi) is 2.78. The smallest absolute Gasteiger partial charge is 0.322 e. The van der Waals surface area contributed by atoms with Crippen LogP contribution in [0, 0.1) is 0 Å². The molecule has 3 rings (SSSR count). The Morgan fingerprint density at radius 3 is 2.95 bits per heavy atom. The molecule has 1 aromatic rings. The van der Waals surface area contributed by atoms with E-state index in [0.29, 0.717) is 18.7 Å². The maximum atomic E-state index is 12.5. The maximum absolute atomic E-state index is 12.5. The second-order valence-electron chi connectivity index (χ2n) is 5.16. The van der Waals surface area contributed by atoms with Crippen molar-refractivity contribution in [1.82, 2.24) is 25.3 Å². The van der Waals surface area contributed by atoms with Gasteiger partial charge in [-0.25, -0.2) is 4.79 Å². The molecule has 7 nitrogen and oxygen atoms in total. The zero-order valence-corrected chi connectivity index (χ0v) is 10.8. The molecular weight excluding hydrogens is 246 g/mol. The second kappa shape index (κ2) is 4.34. The summed E-state index contributed by atoms with van der Waals surface area (Å²) in [6.45, 7) is 1.63. The summed E-state index contributed by atoms with van der Waals surface area (Å²) in [6.07, 6.45) is 3.39. The number of carbonyl (C=O) groups excluding carboxylic acids is 2. The number of nitrogens with zero attached hydrogens (tertiary/aromatic N) is 3. The fourth-order valence-corrected chi connectivity index (χ4v) is 2.72. The summed E-state index contributed by atoms with van der Waals surface area (Å²) in [5, 5.41) is 10.2. The number of aromatic nitrogens is 2. The molecule has 2 N–H and O–H groups in total. The summed E-state index contributed by atoms with van der Waals surface area (Å²) in [4.78, 5) is 25.7. The van der Waals surface area contributed by atoms with E-state index < -0.39 is 5.54 Å². The monoisotopic (exact) mass is 263 g/mol. The van der Waals surface area contributed by atoms with E-state index in [1.165, 1.54) is 4.90 Å². The number of urea groups is 1. The lowest BCUT2D eigenvalue weighted by atomic mass is 9.90. The largest absolute Gasteiger partial charge is 0.325 e. The van der Waals surface area contributed by atoms with E-state index in [1.807, 2.05) is 13.1 Å². The van der Waals surface area contributed by atoms with Gasteiger partial charge in [-0.05, 0) is 25.5 Å². The number of hydrogen-bond acceptors (Lipinski definition) is 4. The Hall–Kier alpha value is -1.89. The van der Waals surface area contributed by atoms with Gasteiger partial charge in [0.05, 0.1) is 12.2 Å². The quantitative estimate of drug-likeness (QED) is 0.711. The van der Waals surface area contributed by atoms with E-state index in [9.17, 15) is 9.59 Å². The van der Waals surface area contributed by atoms with Gasteiger partial charge in [0.25, 0.3) is 5.91 Å². The molecule has 2 aliphatic rings. The first-order valence-electron chi connectivity index (χ1n) is 6.44. The van der Waals surface area contributed by atoms with E-state index >= 15 is 0 Å². The molecule has 0 bridgehead atoms. The normalized spacial score (nSPS) is 27.1. The van der Waals surface area contributed by atoms with Gasteiger partial charge < -0.3 is 10.6 Å². The molecule has 0 aromatic carbocycles. The van der Waals surface area contributed by atoms with Gasteiger partial charge in [-0.2, -0.15) is 5.10 Å². The summed E-state index contributed by atoms with van der Waals surface area (Å²) in [5.74, 6) is -0.143. The first kappa shape index (κ1) is 12.2. The average molecular weight is 263 g/mol. The lowest BCUT2D eigenvalue weighted by Crippen LogP contribution is -2.57. The van der Waals surface area contributed by atoms with Crippen LogP contribution in [0.3, 0.4) is 0 Å². The minimum Gasteiger partial charge on any atom is -0.322 e. The van der Waals surface area contributed by atoms with Gasteiger partial charge in [0, 0.05) is 19.8 Å². The highest BCUT2D eigenvalue weighted by Crippen LogP contribution is 2.25. The first-order valence-corrected chi connectivity index (χ1v) is 6.44. The van der Waals surface area contributed by atoms with Crippen molar-refractivity contribution in [2.24, 2.45) is 7.05 Å². The summed E-state index contributed by atoms with van der Waals surface area (Å²) >= 11 is 0. The molecule has 0 radical (unpaired) electrons. The number of carbonyl (C=O) groups is 2. The van der Waals surface area contributed by atoms with E-state index in [4.69, 9.17) is 0 Å². The van der Waals surface area contributed by atoms with Crippen LogP contribution in [0.5, 0.6) is 0 Å². The number of rotatable bonds is 2. The summed E-state index contributed by atoms with van der Waals surface area (Å²) < 4.78 is 1.66. The van der Waals surface area contributed by atoms with Gasteiger partial charge in [0.15, 0.2) is 0 Å². The minimum absolute atomic E-state index is 0.143. The number of imide groups is 1. The van der Waals surface area contributed by atoms with Crippen LogP contribution in [0.15, 0.2) is 12.3 Å². The summed E-state index contributed by atoms with van der Waals surface area (Å²) in [6, 6.07) is 1.49. The molecule has 2 fully saturated rings. The van der Waals surface area contributed by atoms with Crippen molar-refractivity contribution in [1.29, 1.82) is 0 Å². The van der Waals surface area contributed by atoms with Gasteiger partial charge in [-0.15, -0.1) is 0 Å². The van der Waals surface area contributed by atoms with Crippen molar-refractivity contribution in [2.45, 2.75) is 24.9 Å². The van der Waals surface area contributed by atoms with Crippen LogP contribution < -0.4 is 10.6 Å². The number of piperidine rings is 1. The van der Waals surface area contributed by atoms with Crippen LogP contribution >= 0.6 is 0 Å². The molecule has 1 atom stereocenters. The van der Waals surface area contributed by atoms with Crippen LogP contribution in [-0.4, -0.2) is 45.2 Å². The predicted molar refractivity (Wildman–Crippen MR) is 67.1 cm³/mol. The van der Waals surface area contributed by atoms with Crippen molar-refractivity contribution in [3.05, 3.63) is 18.0 Å². The fraction of sp³-hybridized carbons (Fsp3) is 0.583. The Morgan fingerprint density at radius 1 is 1.47 bits per heavy atom. The standard InChI is InChI=1S/C12H17N5O2/c1-16-6-3-9(15-16)7-17-10(18)12(14-11(17)19)4-2-5-13-8-12/h3,6,13H,2,4-5,7-8H2,1H3,(H,14,19). The number of amides is 3. The van der Waals surface area contributed by atoms with Crippen molar-refractivity contribution >= 4 is 11.9 Å². The van der Waals surface area contributed by atoms with Gasteiger partial charge in [0.1, 0.15) is 5.54 Å². The third kappa shape index (κ3) is 1.99. The first-order chi connectivity index (χ1) is 9.11. The van der Waals surface area contributed by atoms with Crippen LogP contribution in [0.25, 0.3) is 0 Å². The van der Waals surface area contributed by atoms with Gasteiger partial charge in [-0.1, -0.05) is 0 Å². The van der Waals surface area contributed by atoms with Gasteiger partial charge in [-0.3, -0.25) is 14.4 Å². The van der Waals surface area contributed by atoms with Gasteiger partial charge >= 0.3 is 6.03 Å². The molecule has 7 heteroatoms. The number of hydrogen-bond donors (Lipinski definition) is 2. The van der Waals surface area contributed by atoms with Crippen molar-refractivity contribution in [2.75, 3.05) is 13.1 Å². The minimum atomic E-state index is -0.746. The van der Waals surface area contributed by atoms with Crippen molar-refractivity contribution in [3.8, 4) is 0 Å². The average Bonchev–Trinajstić information content (AvgIpc) is 2.89. The van der Waals surface area contributed by atoms with Crippen LogP contribution in [-0.2, 0) is 18.4 Å². The SMILES string of the molecule is Cn1ccc(CN2C(=O)NC3(CCCNC3)C2=O)n1. The molecule has 2 aliphatic heterocycles. The maximum Gasteiger partial charge on any atom is 0.325 e. The summed E-state index contributed by atoms with van der Waals surface area (Å²) in [5.41, 5.74) is -0.0313. The van der Waals surface area contributed by atoms with Crippen molar-refractivity contribution < 1.29 is 9.59 Å². The highest BCUT2D eigenvalue weighted by molar-refractivity contribution is 6.07. The third-order valence-corrected chi connectivity index (χ3v) is 3.72. The Labute approximate surface area is 110 Å². The zero-order chi connectivity index (χ0) is 13.5. The fourth-order valence-electron chi connectivity index (χ4n) is 2.72. The Morgan fingerprint density at radius 2 is 2.32 bits per heavy atom. The Bertz CT molecular complexity index is 518. The highest BCUT2D eigenvalue weighted by Gasteiger charge is 2.51. The van der Waals surface area contributed by atoms with Crippen LogP contribution in [0.1, 0.15) is 18.5 Å². The van der Waals surface area contributed by atoms with Gasteiger partial charge in [0.2, 0.25) is 0 Å². The number of nitrogens with one attached hydrogen (secondary N) is 2. The molecule has 1 spiro atoms. The molecule has 3 amide bonds. The lowest BCUT2D eigenvalue weighted by molar-refractivity contribution is -0.132. The molecule has 1 unspecified atom stereocenters. The topological polar surface area (TPSA) is 79.3 Å². The molecular formula is C12H17N5O2. The molecule has 102 valence electrons. The second-order valence-corrected chi connectivity index (χ2v) is 5.16. The van der Waals surface area contributed by atoms with E-state index in [2.05, 4.69) is 15.7 Å². The summed E-state index contributed by atoms with van der Waals surface area (Å²) in [7, 11) is 1.81. The zero-order valence-electron chi connectivity index (χ0n) is 10.8. The van der Waals surface area contributed by atoms with Crippen LogP contribution in [0.2, 0.25) is 0 Å². The van der Waals surface area contributed by atoms with E-state index in [1.54, 1.807) is 10.9 Å². The van der Waals surface area contributed by atoms with E-state index in [-0.39, 0.29) is 18.5 Å². The molecule has 2 saturated heterocycles. The molecule has 3 heterocycles. The van der Waals surface area contributed by atoms with E-state index in [0.717, 1.165) is 13.0 Å².